The van der Waals surface area contributed by atoms with Crippen molar-refractivity contribution in [2.24, 2.45) is 11.8 Å². The van der Waals surface area contributed by atoms with Gasteiger partial charge in [0, 0.05) is 48.4 Å². The summed E-state index contributed by atoms with van der Waals surface area (Å²) in [5, 5.41) is 11.2. The number of nitrogens with zero attached hydrogens (tertiary/aromatic N) is 2. The van der Waals surface area contributed by atoms with E-state index in [-0.39, 0.29) is 6.61 Å². The molecule has 5 heteroatoms. The maximum Gasteiger partial charge on any atom is 0.0475 e. The molecule has 3 rings (SSSR count). The Bertz CT molecular complexity index is 499. The minimum absolute atomic E-state index is 0.269. The van der Waals surface area contributed by atoms with Crippen LogP contribution in [0, 0.1) is 11.8 Å². The van der Waals surface area contributed by atoms with Gasteiger partial charge in [0.15, 0.2) is 0 Å². The number of aliphatic hydroxyl groups excluding tert-OH is 1. The second kappa shape index (κ2) is 8.17. The average molecular weight is 357 g/mol. The lowest BCUT2D eigenvalue weighted by Crippen LogP contribution is -2.37. The average Bonchev–Trinajstić information content (AvgIpc) is 2.94. The van der Waals surface area contributed by atoms with Crippen molar-refractivity contribution in [2.45, 2.75) is 25.8 Å². The van der Waals surface area contributed by atoms with Crippen molar-refractivity contribution in [1.82, 2.24) is 9.80 Å². The SMILES string of the molecule is OC[C@@H]1CN(Cc2c(Cl)cccc2Cl)C[C@@H]1CN1CCCCC1. The van der Waals surface area contributed by atoms with Gasteiger partial charge in [-0.2, -0.15) is 0 Å². The minimum atomic E-state index is 0.269. The van der Waals surface area contributed by atoms with E-state index < -0.39 is 0 Å². The largest absolute Gasteiger partial charge is 0.396 e. The first-order valence-corrected chi connectivity index (χ1v) is 9.41. The molecule has 1 aromatic carbocycles. The van der Waals surface area contributed by atoms with Crippen LogP contribution in [0.25, 0.3) is 0 Å². The van der Waals surface area contributed by atoms with E-state index in [1.54, 1.807) is 0 Å². The van der Waals surface area contributed by atoms with E-state index in [1.165, 1.54) is 32.4 Å². The molecule has 0 aliphatic carbocycles. The van der Waals surface area contributed by atoms with Crippen molar-refractivity contribution in [3.63, 3.8) is 0 Å². The van der Waals surface area contributed by atoms with Crippen molar-refractivity contribution in [2.75, 3.05) is 39.3 Å². The number of halogens is 2. The smallest absolute Gasteiger partial charge is 0.0475 e. The highest BCUT2D eigenvalue weighted by Gasteiger charge is 2.34. The van der Waals surface area contributed by atoms with Crippen molar-refractivity contribution in [3.8, 4) is 0 Å². The maximum absolute atomic E-state index is 9.76. The number of hydrogen-bond acceptors (Lipinski definition) is 3. The Balaban J connectivity index is 1.61. The third-order valence-corrected chi connectivity index (χ3v) is 5.98. The van der Waals surface area contributed by atoms with Crippen molar-refractivity contribution < 1.29 is 5.11 Å². The summed E-state index contributed by atoms with van der Waals surface area (Å²) in [6, 6.07) is 5.68. The van der Waals surface area contributed by atoms with E-state index in [4.69, 9.17) is 23.2 Å². The van der Waals surface area contributed by atoms with Gasteiger partial charge in [0.25, 0.3) is 0 Å². The highest BCUT2D eigenvalue weighted by Crippen LogP contribution is 2.30. The molecule has 3 nitrogen and oxygen atoms in total. The van der Waals surface area contributed by atoms with Gasteiger partial charge in [-0.3, -0.25) is 4.90 Å². The fraction of sp³-hybridized carbons (Fsp3) is 0.667. The quantitative estimate of drug-likeness (QED) is 0.874. The number of aliphatic hydroxyl groups is 1. The topological polar surface area (TPSA) is 26.7 Å². The molecule has 1 aromatic rings. The van der Waals surface area contributed by atoms with Gasteiger partial charge < -0.3 is 10.0 Å². The lowest BCUT2D eigenvalue weighted by Gasteiger charge is -2.30. The van der Waals surface area contributed by atoms with E-state index in [0.29, 0.717) is 11.8 Å². The summed E-state index contributed by atoms with van der Waals surface area (Å²) >= 11 is 12.6. The van der Waals surface area contributed by atoms with Crippen LogP contribution < -0.4 is 0 Å². The van der Waals surface area contributed by atoms with E-state index >= 15 is 0 Å². The Kier molecular flexibility index (Phi) is 6.22. The maximum atomic E-state index is 9.76. The van der Waals surface area contributed by atoms with Crippen LogP contribution in [0.5, 0.6) is 0 Å². The summed E-state index contributed by atoms with van der Waals surface area (Å²) in [6.45, 7) is 6.52. The summed E-state index contributed by atoms with van der Waals surface area (Å²) in [5.41, 5.74) is 1.01. The summed E-state index contributed by atoms with van der Waals surface area (Å²) in [5.74, 6) is 0.901. The van der Waals surface area contributed by atoms with Gasteiger partial charge >= 0.3 is 0 Å². The van der Waals surface area contributed by atoms with E-state index in [1.807, 2.05) is 18.2 Å². The van der Waals surface area contributed by atoms with Crippen molar-refractivity contribution >= 4 is 23.2 Å². The molecule has 2 fully saturated rings. The van der Waals surface area contributed by atoms with Gasteiger partial charge in [0.1, 0.15) is 0 Å². The Labute approximate surface area is 149 Å². The highest BCUT2D eigenvalue weighted by molar-refractivity contribution is 6.35. The van der Waals surface area contributed by atoms with Crippen LogP contribution in [-0.4, -0.2) is 54.2 Å². The first kappa shape index (κ1) is 17.5. The third-order valence-electron chi connectivity index (χ3n) is 5.27. The lowest BCUT2D eigenvalue weighted by atomic mass is 9.95. The molecule has 0 saturated carbocycles. The molecule has 2 aliphatic heterocycles. The van der Waals surface area contributed by atoms with E-state index in [0.717, 1.165) is 41.8 Å². The molecule has 1 N–H and O–H groups in total. The zero-order valence-electron chi connectivity index (χ0n) is 13.6. The Morgan fingerprint density at radius 2 is 1.61 bits per heavy atom. The molecular weight excluding hydrogens is 331 g/mol. The minimum Gasteiger partial charge on any atom is -0.396 e. The molecule has 2 aliphatic rings. The molecule has 0 amide bonds. The second-order valence-corrected chi connectivity index (χ2v) is 7.77. The van der Waals surface area contributed by atoms with E-state index in [9.17, 15) is 5.11 Å². The zero-order chi connectivity index (χ0) is 16.2. The van der Waals surface area contributed by atoms with Crippen LogP contribution in [-0.2, 0) is 6.54 Å². The molecule has 0 bridgehead atoms. The summed E-state index contributed by atoms with van der Waals surface area (Å²) in [6.07, 6.45) is 3.99. The molecule has 128 valence electrons. The Hall–Kier alpha value is -0.320. The highest BCUT2D eigenvalue weighted by atomic mass is 35.5. The van der Waals surface area contributed by atoms with Crippen LogP contribution in [0.2, 0.25) is 10.0 Å². The number of hydrogen-bond donors (Lipinski definition) is 1. The summed E-state index contributed by atoms with van der Waals surface area (Å²) in [4.78, 5) is 4.96. The number of piperidine rings is 1. The predicted octanol–water partition coefficient (Wildman–Crippen LogP) is 3.52. The van der Waals surface area contributed by atoms with Gasteiger partial charge in [0.05, 0.1) is 0 Å². The van der Waals surface area contributed by atoms with Crippen LogP contribution >= 0.6 is 23.2 Å². The van der Waals surface area contributed by atoms with Crippen molar-refractivity contribution in [1.29, 1.82) is 0 Å². The number of rotatable bonds is 5. The second-order valence-electron chi connectivity index (χ2n) is 6.96. The molecule has 0 aromatic heterocycles. The van der Waals surface area contributed by atoms with E-state index in [2.05, 4.69) is 9.80 Å². The first-order valence-electron chi connectivity index (χ1n) is 8.66. The van der Waals surface area contributed by atoms with Crippen LogP contribution in [0.4, 0.5) is 0 Å². The lowest BCUT2D eigenvalue weighted by molar-refractivity contribution is 0.149. The van der Waals surface area contributed by atoms with Gasteiger partial charge in [0.2, 0.25) is 0 Å². The monoisotopic (exact) mass is 356 g/mol. The van der Waals surface area contributed by atoms with Crippen LogP contribution in [0.1, 0.15) is 24.8 Å². The normalized spacial score (nSPS) is 26.7. The molecule has 0 spiro atoms. The fourth-order valence-corrected chi connectivity index (χ4v) is 4.48. The standard InChI is InChI=1S/C18H26Cl2N2O/c19-17-5-4-6-18(20)16(17)12-22-10-14(15(11-22)13-23)9-21-7-2-1-3-8-21/h4-6,14-15,23H,1-3,7-13H2/t14-,15-/m0/s1. The Morgan fingerprint density at radius 3 is 2.26 bits per heavy atom. The first-order chi connectivity index (χ1) is 11.2. The molecule has 23 heavy (non-hydrogen) atoms. The van der Waals surface area contributed by atoms with Gasteiger partial charge in [-0.15, -0.1) is 0 Å². The number of benzene rings is 1. The van der Waals surface area contributed by atoms with Crippen molar-refractivity contribution in [3.05, 3.63) is 33.8 Å². The third kappa shape index (κ3) is 4.40. The van der Waals surface area contributed by atoms with Crippen LogP contribution in [0.3, 0.4) is 0 Å². The molecule has 2 saturated heterocycles. The summed E-state index contributed by atoms with van der Waals surface area (Å²) < 4.78 is 0. The molecule has 2 heterocycles. The van der Waals surface area contributed by atoms with Crippen LogP contribution in [0.15, 0.2) is 18.2 Å². The molecule has 0 radical (unpaired) electrons. The number of likely N-dealkylation sites (tertiary alicyclic amines) is 2. The predicted molar refractivity (Wildman–Crippen MR) is 96.1 cm³/mol. The van der Waals surface area contributed by atoms with Gasteiger partial charge in [-0.25, -0.2) is 0 Å². The zero-order valence-corrected chi connectivity index (χ0v) is 15.1. The van der Waals surface area contributed by atoms with Gasteiger partial charge in [-0.1, -0.05) is 35.7 Å². The Morgan fingerprint density at radius 1 is 0.957 bits per heavy atom. The molecular formula is C18H26Cl2N2O. The molecule has 0 unspecified atom stereocenters. The fourth-order valence-electron chi connectivity index (χ4n) is 3.96. The molecule has 2 atom stereocenters. The van der Waals surface area contributed by atoms with Gasteiger partial charge in [-0.05, 0) is 49.9 Å². The summed E-state index contributed by atoms with van der Waals surface area (Å²) in [7, 11) is 0.